The number of nitrogens with zero attached hydrogens (tertiary/aromatic N) is 1. The van der Waals surface area contributed by atoms with Crippen molar-refractivity contribution in [2.75, 3.05) is 13.2 Å². The topological polar surface area (TPSA) is 42.4 Å². The molecule has 1 aromatic carbocycles. The first-order chi connectivity index (χ1) is 8.90. The lowest BCUT2D eigenvalue weighted by Gasteiger charge is -2.10. The van der Waals surface area contributed by atoms with Crippen molar-refractivity contribution in [3.8, 4) is 5.75 Å². The highest BCUT2D eigenvalue weighted by molar-refractivity contribution is 5.33. The van der Waals surface area contributed by atoms with Gasteiger partial charge in [-0.3, -0.25) is 4.98 Å². The Morgan fingerprint density at radius 1 is 1.00 bits per heavy atom. The minimum atomic E-state index is 0.144. The van der Waals surface area contributed by atoms with Gasteiger partial charge in [-0.25, -0.2) is 0 Å². The van der Waals surface area contributed by atoms with Crippen LogP contribution >= 0.6 is 0 Å². The molecular formula is C15H17NO2. The van der Waals surface area contributed by atoms with Gasteiger partial charge in [0.25, 0.3) is 0 Å². The lowest BCUT2D eigenvalue weighted by molar-refractivity contribution is 0.289. The van der Waals surface area contributed by atoms with Crippen molar-refractivity contribution in [3.63, 3.8) is 0 Å². The zero-order valence-corrected chi connectivity index (χ0v) is 10.2. The van der Waals surface area contributed by atoms with E-state index in [-0.39, 0.29) is 6.61 Å². The van der Waals surface area contributed by atoms with Gasteiger partial charge in [-0.05, 0) is 35.7 Å². The molecule has 94 valence electrons. The molecular weight excluding hydrogens is 226 g/mol. The maximum atomic E-state index is 8.99. The Balaban J connectivity index is 1.90. The van der Waals surface area contributed by atoms with Crippen molar-refractivity contribution in [1.29, 1.82) is 0 Å². The Kier molecular flexibility index (Phi) is 4.73. The Morgan fingerprint density at radius 3 is 2.56 bits per heavy atom. The van der Waals surface area contributed by atoms with E-state index in [0.717, 1.165) is 17.7 Å². The van der Waals surface area contributed by atoms with Gasteiger partial charge >= 0.3 is 0 Å². The fourth-order valence-electron chi connectivity index (χ4n) is 1.80. The maximum absolute atomic E-state index is 8.99. The van der Waals surface area contributed by atoms with Crippen molar-refractivity contribution in [2.24, 2.45) is 0 Å². The van der Waals surface area contributed by atoms with Crippen molar-refractivity contribution in [3.05, 3.63) is 59.9 Å². The number of pyridine rings is 1. The minimum absolute atomic E-state index is 0.144. The van der Waals surface area contributed by atoms with Crippen LogP contribution < -0.4 is 4.74 Å². The van der Waals surface area contributed by atoms with Gasteiger partial charge in [0.15, 0.2) is 0 Å². The highest BCUT2D eigenvalue weighted by Gasteiger charge is 2.02. The quantitative estimate of drug-likeness (QED) is 0.846. The van der Waals surface area contributed by atoms with E-state index in [9.17, 15) is 0 Å². The van der Waals surface area contributed by atoms with Crippen LogP contribution in [0.25, 0.3) is 0 Å². The van der Waals surface area contributed by atoms with E-state index in [0.29, 0.717) is 13.0 Å². The molecule has 1 aromatic heterocycles. The molecule has 3 heteroatoms. The van der Waals surface area contributed by atoms with Crippen LogP contribution in [-0.2, 0) is 12.8 Å². The second-order valence-corrected chi connectivity index (χ2v) is 4.04. The molecule has 0 radical (unpaired) electrons. The molecule has 0 spiro atoms. The third-order valence-corrected chi connectivity index (χ3v) is 2.75. The van der Waals surface area contributed by atoms with Gasteiger partial charge in [-0.15, -0.1) is 0 Å². The van der Waals surface area contributed by atoms with E-state index in [1.165, 1.54) is 5.56 Å². The second kappa shape index (κ2) is 6.77. The number of hydrogen-bond acceptors (Lipinski definition) is 3. The lowest BCUT2D eigenvalue weighted by Crippen LogP contribution is -2.04. The summed E-state index contributed by atoms with van der Waals surface area (Å²) < 4.78 is 5.76. The zero-order chi connectivity index (χ0) is 12.6. The molecule has 0 atom stereocenters. The van der Waals surface area contributed by atoms with E-state index in [4.69, 9.17) is 9.84 Å². The van der Waals surface area contributed by atoms with E-state index in [2.05, 4.69) is 4.98 Å². The van der Waals surface area contributed by atoms with Crippen LogP contribution in [-0.4, -0.2) is 23.3 Å². The summed E-state index contributed by atoms with van der Waals surface area (Å²) in [4.78, 5) is 3.98. The summed E-state index contributed by atoms with van der Waals surface area (Å²) in [7, 11) is 0. The van der Waals surface area contributed by atoms with Gasteiger partial charge in [0, 0.05) is 25.4 Å². The van der Waals surface area contributed by atoms with Crippen LogP contribution in [0.2, 0.25) is 0 Å². The molecule has 3 nitrogen and oxygen atoms in total. The highest BCUT2D eigenvalue weighted by atomic mass is 16.5. The fourth-order valence-corrected chi connectivity index (χ4v) is 1.80. The van der Waals surface area contributed by atoms with Gasteiger partial charge < -0.3 is 9.84 Å². The number of para-hydroxylation sites is 1. The standard InChI is InChI=1S/C15H17NO2/c17-11-7-14-3-1-2-4-15(14)18-12-8-13-5-9-16-10-6-13/h1-6,9-10,17H,7-8,11-12H2. The molecule has 0 aliphatic heterocycles. The summed E-state index contributed by atoms with van der Waals surface area (Å²) in [5.41, 5.74) is 2.26. The van der Waals surface area contributed by atoms with Gasteiger partial charge in [-0.2, -0.15) is 0 Å². The lowest BCUT2D eigenvalue weighted by atomic mass is 10.1. The third-order valence-electron chi connectivity index (χ3n) is 2.75. The molecule has 2 aromatic rings. The van der Waals surface area contributed by atoms with Crippen LogP contribution in [0.3, 0.4) is 0 Å². The van der Waals surface area contributed by atoms with Crippen LogP contribution in [0.4, 0.5) is 0 Å². The van der Waals surface area contributed by atoms with E-state index in [1.807, 2.05) is 36.4 Å². The molecule has 1 heterocycles. The predicted octanol–water partition coefficient (Wildman–Crippen LogP) is 2.24. The number of aliphatic hydroxyl groups excluding tert-OH is 1. The Morgan fingerprint density at radius 2 is 1.78 bits per heavy atom. The summed E-state index contributed by atoms with van der Waals surface area (Å²) in [6.45, 7) is 0.775. The predicted molar refractivity (Wildman–Crippen MR) is 70.7 cm³/mol. The van der Waals surface area contributed by atoms with Gasteiger partial charge in [0.1, 0.15) is 5.75 Å². The van der Waals surface area contributed by atoms with Gasteiger partial charge in [0.2, 0.25) is 0 Å². The third kappa shape index (κ3) is 3.57. The summed E-state index contributed by atoms with van der Waals surface area (Å²) in [5, 5.41) is 8.99. The van der Waals surface area contributed by atoms with Gasteiger partial charge in [-0.1, -0.05) is 18.2 Å². The first kappa shape index (κ1) is 12.6. The van der Waals surface area contributed by atoms with Crippen molar-refractivity contribution >= 4 is 0 Å². The van der Waals surface area contributed by atoms with Crippen molar-refractivity contribution in [2.45, 2.75) is 12.8 Å². The normalized spacial score (nSPS) is 10.3. The Bertz CT molecular complexity index is 471. The average Bonchev–Trinajstić information content (AvgIpc) is 2.42. The number of rotatable bonds is 6. The van der Waals surface area contributed by atoms with Crippen LogP contribution in [0.5, 0.6) is 5.75 Å². The van der Waals surface area contributed by atoms with Crippen LogP contribution in [0.1, 0.15) is 11.1 Å². The first-order valence-corrected chi connectivity index (χ1v) is 6.10. The number of aliphatic hydroxyl groups is 1. The van der Waals surface area contributed by atoms with E-state index in [1.54, 1.807) is 12.4 Å². The summed E-state index contributed by atoms with van der Waals surface area (Å²) >= 11 is 0. The molecule has 0 saturated heterocycles. The fraction of sp³-hybridized carbons (Fsp3) is 0.267. The maximum Gasteiger partial charge on any atom is 0.122 e. The minimum Gasteiger partial charge on any atom is -0.493 e. The molecule has 0 aliphatic rings. The zero-order valence-electron chi connectivity index (χ0n) is 10.2. The number of aromatic nitrogens is 1. The van der Waals surface area contributed by atoms with Crippen LogP contribution in [0, 0.1) is 0 Å². The molecule has 18 heavy (non-hydrogen) atoms. The number of hydrogen-bond donors (Lipinski definition) is 1. The summed E-state index contributed by atoms with van der Waals surface area (Å²) in [5.74, 6) is 0.862. The van der Waals surface area contributed by atoms with Crippen molar-refractivity contribution in [1.82, 2.24) is 4.98 Å². The summed E-state index contributed by atoms with van der Waals surface area (Å²) in [6.07, 6.45) is 5.06. The largest absolute Gasteiger partial charge is 0.493 e. The molecule has 1 N–H and O–H groups in total. The summed E-state index contributed by atoms with van der Waals surface area (Å²) in [6, 6.07) is 11.8. The first-order valence-electron chi connectivity index (χ1n) is 6.10. The average molecular weight is 243 g/mol. The van der Waals surface area contributed by atoms with E-state index >= 15 is 0 Å². The highest BCUT2D eigenvalue weighted by Crippen LogP contribution is 2.18. The second-order valence-electron chi connectivity index (χ2n) is 4.04. The smallest absolute Gasteiger partial charge is 0.122 e. The molecule has 2 rings (SSSR count). The van der Waals surface area contributed by atoms with Crippen LogP contribution in [0.15, 0.2) is 48.8 Å². The SMILES string of the molecule is OCCc1ccccc1OCCc1ccncc1. The van der Waals surface area contributed by atoms with Gasteiger partial charge in [0.05, 0.1) is 6.61 Å². The number of ether oxygens (including phenoxy) is 1. The molecule has 0 saturated carbocycles. The Hall–Kier alpha value is -1.87. The molecule has 0 fully saturated rings. The van der Waals surface area contributed by atoms with Crippen molar-refractivity contribution < 1.29 is 9.84 Å². The molecule has 0 amide bonds. The molecule has 0 aliphatic carbocycles. The number of benzene rings is 1. The van der Waals surface area contributed by atoms with E-state index < -0.39 is 0 Å². The molecule has 0 unspecified atom stereocenters. The monoisotopic (exact) mass is 243 g/mol. The molecule has 0 bridgehead atoms. The Labute approximate surface area is 107 Å².